The van der Waals surface area contributed by atoms with Crippen LogP contribution in [0.25, 0.3) is 0 Å². The van der Waals surface area contributed by atoms with Gasteiger partial charge in [0, 0.05) is 43.2 Å². The summed E-state index contributed by atoms with van der Waals surface area (Å²) in [5.74, 6) is 1.37. The predicted octanol–water partition coefficient (Wildman–Crippen LogP) is 4.01. The molecular formula is C25H29N3O3. The molecule has 1 saturated heterocycles. The average Bonchev–Trinajstić information content (AvgIpc) is 3.32. The summed E-state index contributed by atoms with van der Waals surface area (Å²) < 4.78 is 5.95. The highest BCUT2D eigenvalue weighted by Gasteiger charge is 2.37. The number of amides is 3. The van der Waals surface area contributed by atoms with Crippen LogP contribution in [0.5, 0.6) is 5.75 Å². The number of carbonyl (C=O) groups is 2. The van der Waals surface area contributed by atoms with E-state index in [1.807, 2.05) is 64.1 Å². The lowest BCUT2D eigenvalue weighted by Crippen LogP contribution is -2.47. The highest BCUT2D eigenvalue weighted by molar-refractivity contribution is 5.95. The minimum absolute atomic E-state index is 0.0201. The number of para-hydroxylation sites is 2. The topological polar surface area (TPSA) is 53.1 Å². The zero-order valence-corrected chi connectivity index (χ0v) is 18.0. The van der Waals surface area contributed by atoms with Crippen molar-refractivity contribution in [2.45, 2.75) is 44.7 Å². The number of fused-ring (bicyclic) bond motifs is 2. The first-order chi connectivity index (χ1) is 15.1. The van der Waals surface area contributed by atoms with Gasteiger partial charge in [-0.1, -0.05) is 36.4 Å². The van der Waals surface area contributed by atoms with Crippen molar-refractivity contribution in [2.75, 3.05) is 31.1 Å². The lowest BCUT2D eigenvalue weighted by atomic mass is 9.98. The standard InChI is InChI=1S/C25H29N3O3/c1-18-17-31-23-10-5-2-7-20(23)16-27(18)25(30)28-15-19(21-8-3-4-9-22(21)28)12-14-26-13-6-11-24(26)29/h2-5,7-10,18-19H,6,11-17H2,1H3/t18-,19-/m0/s1. The summed E-state index contributed by atoms with van der Waals surface area (Å²) in [4.78, 5) is 31.6. The first-order valence-corrected chi connectivity index (χ1v) is 11.3. The highest BCUT2D eigenvalue weighted by Crippen LogP contribution is 2.39. The molecular weight excluding hydrogens is 390 g/mol. The molecule has 5 rings (SSSR count). The van der Waals surface area contributed by atoms with Crippen LogP contribution in [0.2, 0.25) is 0 Å². The molecule has 2 aromatic carbocycles. The second-order valence-electron chi connectivity index (χ2n) is 8.82. The predicted molar refractivity (Wildman–Crippen MR) is 119 cm³/mol. The molecule has 1 fully saturated rings. The van der Waals surface area contributed by atoms with Gasteiger partial charge in [0.05, 0.1) is 12.6 Å². The van der Waals surface area contributed by atoms with Gasteiger partial charge in [0.1, 0.15) is 12.4 Å². The number of nitrogens with zero attached hydrogens (tertiary/aromatic N) is 3. The van der Waals surface area contributed by atoms with E-state index in [0.717, 1.165) is 42.9 Å². The maximum Gasteiger partial charge on any atom is 0.325 e. The van der Waals surface area contributed by atoms with Gasteiger partial charge in [-0.25, -0.2) is 4.79 Å². The van der Waals surface area contributed by atoms with Gasteiger partial charge >= 0.3 is 6.03 Å². The van der Waals surface area contributed by atoms with Crippen molar-refractivity contribution in [3.05, 3.63) is 59.7 Å². The third-order valence-corrected chi connectivity index (χ3v) is 6.79. The van der Waals surface area contributed by atoms with Crippen molar-refractivity contribution in [3.8, 4) is 5.75 Å². The molecule has 31 heavy (non-hydrogen) atoms. The smallest absolute Gasteiger partial charge is 0.325 e. The van der Waals surface area contributed by atoms with Crippen LogP contribution in [0.1, 0.15) is 43.2 Å². The highest BCUT2D eigenvalue weighted by atomic mass is 16.5. The summed E-state index contributed by atoms with van der Waals surface area (Å²) in [7, 11) is 0. The van der Waals surface area contributed by atoms with E-state index in [1.54, 1.807) is 0 Å². The normalized spacial score (nSPS) is 22.7. The van der Waals surface area contributed by atoms with Gasteiger partial charge in [0.2, 0.25) is 5.91 Å². The molecule has 3 aliphatic heterocycles. The Hall–Kier alpha value is -3.02. The first kappa shape index (κ1) is 19.9. The van der Waals surface area contributed by atoms with Crippen molar-refractivity contribution in [1.29, 1.82) is 0 Å². The lowest BCUT2D eigenvalue weighted by molar-refractivity contribution is -0.127. The lowest BCUT2D eigenvalue weighted by Gasteiger charge is -2.31. The quantitative estimate of drug-likeness (QED) is 0.756. The van der Waals surface area contributed by atoms with Gasteiger partial charge < -0.3 is 14.5 Å². The van der Waals surface area contributed by atoms with E-state index >= 15 is 0 Å². The van der Waals surface area contributed by atoms with Crippen molar-refractivity contribution in [2.24, 2.45) is 0 Å². The molecule has 0 spiro atoms. The molecule has 3 aliphatic rings. The van der Waals surface area contributed by atoms with Crippen LogP contribution in [0.15, 0.2) is 48.5 Å². The summed E-state index contributed by atoms with van der Waals surface area (Å²) in [6, 6.07) is 16.2. The van der Waals surface area contributed by atoms with Gasteiger partial charge in [-0.2, -0.15) is 0 Å². The molecule has 6 heteroatoms. The minimum Gasteiger partial charge on any atom is -0.491 e. The van der Waals surface area contributed by atoms with Crippen molar-refractivity contribution in [1.82, 2.24) is 9.80 Å². The number of ether oxygens (including phenoxy) is 1. The molecule has 162 valence electrons. The summed E-state index contributed by atoms with van der Waals surface area (Å²) >= 11 is 0. The fourth-order valence-corrected chi connectivity index (χ4v) is 5.00. The molecule has 3 amide bonds. The van der Waals surface area contributed by atoms with Gasteiger partial charge in [-0.3, -0.25) is 9.69 Å². The Bertz CT molecular complexity index is 991. The Morgan fingerprint density at radius 1 is 1.13 bits per heavy atom. The number of likely N-dealkylation sites (tertiary alicyclic amines) is 1. The van der Waals surface area contributed by atoms with Crippen LogP contribution in [-0.2, 0) is 11.3 Å². The second-order valence-corrected chi connectivity index (χ2v) is 8.82. The van der Waals surface area contributed by atoms with Crippen LogP contribution >= 0.6 is 0 Å². The van der Waals surface area contributed by atoms with Gasteiger partial charge in [-0.05, 0) is 37.5 Å². The average molecular weight is 420 g/mol. The monoisotopic (exact) mass is 419 g/mol. The van der Waals surface area contributed by atoms with Crippen LogP contribution in [0.4, 0.5) is 10.5 Å². The number of rotatable bonds is 3. The SMILES string of the molecule is C[C@H]1COc2ccccc2CN1C(=O)N1C[C@H](CCN2CCCC2=O)c2ccccc21. The van der Waals surface area contributed by atoms with Gasteiger partial charge in [-0.15, -0.1) is 0 Å². The summed E-state index contributed by atoms with van der Waals surface area (Å²) in [6.45, 7) is 5.36. The van der Waals surface area contributed by atoms with E-state index in [2.05, 4.69) is 6.07 Å². The third kappa shape index (κ3) is 3.75. The number of hydrogen-bond acceptors (Lipinski definition) is 3. The Morgan fingerprint density at radius 2 is 1.94 bits per heavy atom. The zero-order valence-electron chi connectivity index (χ0n) is 18.0. The number of carbonyl (C=O) groups excluding carboxylic acids is 2. The van der Waals surface area contributed by atoms with Crippen LogP contribution in [-0.4, -0.2) is 54.0 Å². The molecule has 0 aliphatic carbocycles. The molecule has 0 unspecified atom stereocenters. The summed E-state index contributed by atoms with van der Waals surface area (Å²) in [6.07, 6.45) is 2.51. The Kier molecular flexibility index (Phi) is 5.30. The van der Waals surface area contributed by atoms with Crippen molar-refractivity contribution < 1.29 is 14.3 Å². The molecule has 0 N–H and O–H groups in total. The summed E-state index contributed by atoms with van der Waals surface area (Å²) in [5, 5.41) is 0. The van der Waals surface area contributed by atoms with E-state index in [4.69, 9.17) is 4.74 Å². The van der Waals surface area contributed by atoms with E-state index in [1.165, 1.54) is 5.56 Å². The van der Waals surface area contributed by atoms with Crippen molar-refractivity contribution >= 4 is 17.6 Å². The maximum atomic E-state index is 13.7. The second kappa shape index (κ2) is 8.25. The number of urea groups is 1. The maximum absolute atomic E-state index is 13.7. The fraction of sp³-hybridized carbons (Fsp3) is 0.440. The number of anilines is 1. The molecule has 0 aromatic heterocycles. The largest absolute Gasteiger partial charge is 0.491 e. The van der Waals surface area contributed by atoms with Crippen LogP contribution in [0.3, 0.4) is 0 Å². The molecule has 6 nitrogen and oxygen atoms in total. The van der Waals surface area contributed by atoms with E-state index < -0.39 is 0 Å². The molecule has 2 aromatic rings. The Morgan fingerprint density at radius 3 is 2.77 bits per heavy atom. The van der Waals surface area contributed by atoms with E-state index in [0.29, 0.717) is 26.1 Å². The molecule has 2 atom stereocenters. The molecule has 3 heterocycles. The minimum atomic E-state index is -0.0201. The molecule has 0 bridgehead atoms. The molecule has 0 radical (unpaired) electrons. The van der Waals surface area contributed by atoms with Gasteiger partial charge in [0.25, 0.3) is 0 Å². The van der Waals surface area contributed by atoms with E-state index in [9.17, 15) is 9.59 Å². The fourth-order valence-electron chi connectivity index (χ4n) is 5.00. The van der Waals surface area contributed by atoms with E-state index in [-0.39, 0.29) is 23.9 Å². The Labute approximate surface area is 183 Å². The first-order valence-electron chi connectivity index (χ1n) is 11.3. The molecule has 0 saturated carbocycles. The summed E-state index contributed by atoms with van der Waals surface area (Å²) in [5.41, 5.74) is 3.24. The number of benzene rings is 2. The van der Waals surface area contributed by atoms with Crippen molar-refractivity contribution in [3.63, 3.8) is 0 Å². The van der Waals surface area contributed by atoms with Crippen LogP contribution < -0.4 is 9.64 Å². The third-order valence-electron chi connectivity index (χ3n) is 6.79. The van der Waals surface area contributed by atoms with Crippen LogP contribution in [0, 0.1) is 0 Å². The number of hydrogen-bond donors (Lipinski definition) is 0. The van der Waals surface area contributed by atoms with Gasteiger partial charge in [0.15, 0.2) is 0 Å². The Balaban J connectivity index is 1.36. The zero-order chi connectivity index (χ0) is 21.4.